The molecule has 0 amide bonds. The molecular formula is C17H20N4OS. The maximum atomic E-state index is 13.0. The van der Waals surface area contributed by atoms with Crippen molar-refractivity contribution in [2.75, 3.05) is 0 Å². The van der Waals surface area contributed by atoms with Crippen LogP contribution in [0.5, 0.6) is 0 Å². The molecular weight excluding hydrogens is 308 g/mol. The van der Waals surface area contributed by atoms with E-state index in [1.54, 1.807) is 28.4 Å². The molecule has 120 valence electrons. The number of rotatable bonds is 3. The first-order valence-corrected chi connectivity index (χ1v) is 9.04. The Bertz CT molecular complexity index is 878. The third-order valence-corrected chi connectivity index (χ3v) is 5.84. The van der Waals surface area contributed by atoms with Crippen LogP contribution in [-0.4, -0.2) is 19.3 Å². The van der Waals surface area contributed by atoms with Crippen LogP contribution in [0.25, 0.3) is 10.2 Å². The molecule has 4 rings (SSSR count). The highest BCUT2D eigenvalue weighted by molar-refractivity contribution is 7.18. The maximum absolute atomic E-state index is 13.0. The molecule has 1 unspecified atom stereocenters. The van der Waals surface area contributed by atoms with E-state index in [0.717, 1.165) is 23.1 Å². The molecule has 23 heavy (non-hydrogen) atoms. The van der Waals surface area contributed by atoms with Crippen LogP contribution in [0.2, 0.25) is 0 Å². The van der Waals surface area contributed by atoms with Crippen LogP contribution >= 0.6 is 11.3 Å². The fourth-order valence-electron chi connectivity index (χ4n) is 3.42. The summed E-state index contributed by atoms with van der Waals surface area (Å²) in [6.45, 7) is 2.72. The Labute approximate surface area is 138 Å². The molecule has 3 aromatic rings. The van der Waals surface area contributed by atoms with Gasteiger partial charge >= 0.3 is 0 Å². The number of aryl methyl sites for hydroxylation is 2. The summed E-state index contributed by atoms with van der Waals surface area (Å²) in [6.07, 6.45) is 11.2. The Kier molecular flexibility index (Phi) is 3.77. The SMILES string of the molecule is CC(Cn1cccn1)n1cnc2sc3c(c2c1=O)CCCCC3. The molecule has 0 radical (unpaired) electrons. The van der Waals surface area contributed by atoms with Gasteiger partial charge in [0.05, 0.1) is 24.3 Å². The molecule has 0 N–H and O–H groups in total. The maximum Gasteiger partial charge on any atom is 0.262 e. The summed E-state index contributed by atoms with van der Waals surface area (Å²) in [5, 5.41) is 5.09. The molecule has 0 aliphatic heterocycles. The number of nitrogens with zero attached hydrogens (tertiary/aromatic N) is 4. The van der Waals surface area contributed by atoms with E-state index in [0.29, 0.717) is 6.54 Å². The van der Waals surface area contributed by atoms with E-state index in [1.807, 2.05) is 23.9 Å². The van der Waals surface area contributed by atoms with Gasteiger partial charge in [-0.2, -0.15) is 5.10 Å². The summed E-state index contributed by atoms with van der Waals surface area (Å²) < 4.78 is 3.62. The molecule has 3 aromatic heterocycles. The largest absolute Gasteiger partial charge is 0.294 e. The quantitative estimate of drug-likeness (QED) is 0.694. The van der Waals surface area contributed by atoms with E-state index in [-0.39, 0.29) is 11.6 Å². The van der Waals surface area contributed by atoms with Crippen molar-refractivity contribution in [1.82, 2.24) is 19.3 Å². The summed E-state index contributed by atoms with van der Waals surface area (Å²) >= 11 is 1.71. The third kappa shape index (κ3) is 2.61. The van der Waals surface area contributed by atoms with Gasteiger partial charge in [-0.25, -0.2) is 4.98 Å². The van der Waals surface area contributed by atoms with Crippen LogP contribution in [0.4, 0.5) is 0 Å². The van der Waals surface area contributed by atoms with Crippen molar-refractivity contribution in [3.05, 3.63) is 45.6 Å². The second-order valence-electron chi connectivity index (χ2n) is 6.28. The zero-order valence-corrected chi connectivity index (χ0v) is 14.1. The molecule has 1 aliphatic carbocycles. The van der Waals surface area contributed by atoms with E-state index < -0.39 is 0 Å². The van der Waals surface area contributed by atoms with Crippen LogP contribution in [0.1, 0.15) is 42.7 Å². The summed E-state index contributed by atoms with van der Waals surface area (Å²) in [5.74, 6) is 0. The smallest absolute Gasteiger partial charge is 0.262 e. The molecule has 0 fully saturated rings. The first-order chi connectivity index (χ1) is 11.2. The summed E-state index contributed by atoms with van der Waals surface area (Å²) in [6, 6.07) is 1.93. The monoisotopic (exact) mass is 328 g/mol. The van der Waals surface area contributed by atoms with E-state index in [1.165, 1.54) is 29.7 Å². The Morgan fingerprint density at radius 2 is 2.17 bits per heavy atom. The highest BCUT2D eigenvalue weighted by atomic mass is 32.1. The van der Waals surface area contributed by atoms with Crippen LogP contribution in [0.15, 0.2) is 29.6 Å². The van der Waals surface area contributed by atoms with Gasteiger partial charge in [-0.1, -0.05) is 6.42 Å². The van der Waals surface area contributed by atoms with Crippen molar-refractivity contribution in [3.63, 3.8) is 0 Å². The number of hydrogen-bond donors (Lipinski definition) is 0. The standard InChI is InChI=1S/C17H20N4OS/c1-12(10-20-9-5-8-19-20)21-11-18-16-15(17(21)22)13-6-3-2-4-7-14(13)23-16/h5,8-9,11-12H,2-4,6-7,10H2,1H3. The predicted octanol–water partition coefficient (Wildman–Crippen LogP) is 3.18. The highest BCUT2D eigenvalue weighted by Crippen LogP contribution is 2.32. The van der Waals surface area contributed by atoms with Gasteiger partial charge in [0.25, 0.3) is 5.56 Å². The van der Waals surface area contributed by atoms with Gasteiger partial charge < -0.3 is 0 Å². The molecule has 6 heteroatoms. The fraction of sp³-hybridized carbons (Fsp3) is 0.471. The minimum absolute atomic E-state index is 0.0284. The summed E-state index contributed by atoms with van der Waals surface area (Å²) in [4.78, 5) is 19.9. The number of aromatic nitrogens is 4. The van der Waals surface area contributed by atoms with Crippen molar-refractivity contribution in [1.29, 1.82) is 0 Å². The van der Waals surface area contributed by atoms with Gasteiger partial charge in [-0.15, -0.1) is 11.3 Å². The first-order valence-electron chi connectivity index (χ1n) is 8.23. The van der Waals surface area contributed by atoms with Gasteiger partial charge in [-0.05, 0) is 44.2 Å². The zero-order valence-electron chi connectivity index (χ0n) is 13.2. The lowest BCUT2D eigenvalue weighted by Gasteiger charge is -2.15. The molecule has 0 aromatic carbocycles. The summed E-state index contributed by atoms with van der Waals surface area (Å²) in [7, 11) is 0. The van der Waals surface area contributed by atoms with Gasteiger partial charge in [0, 0.05) is 17.3 Å². The Morgan fingerprint density at radius 1 is 1.30 bits per heavy atom. The number of fused-ring (bicyclic) bond motifs is 3. The van der Waals surface area contributed by atoms with Crippen LogP contribution in [-0.2, 0) is 19.4 Å². The Morgan fingerprint density at radius 3 is 3.00 bits per heavy atom. The molecule has 0 spiro atoms. The molecule has 1 aliphatic rings. The molecule has 0 bridgehead atoms. The second kappa shape index (κ2) is 5.92. The minimum atomic E-state index is 0.0284. The van der Waals surface area contributed by atoms with Crippen LogP contribution in [0.3, 0.4) is 0 Å². The van der Waals surface area contributed by atoms with Gasteiger partial charge in [0.1, 0.15) is 4.83 Å². The Hall–Kier alpha value is -1.95. The third-order valence-electron chi connectivity index (χ3n) is 4.64. The van der Waals surface area contributed by atoms with Crippen molar-refractivity contribution >= 4 is 21.6 Å². The zero-order chi connectivity index (χ0) is 15.8. The number of thiophene rings is 1. The molecule has 0 saturated carbocycles. The molecule has 5 nitrogen and oxygen atoms in total. The van der Waals surface area contributed by atoms with Crippen molar-refractivity contribution in [2.45, 2.75) is 51.6 Å². The average molecular weight is 328 g/mol. The second-order valence-corrected chi connectivity index (χ2v) is 7.36. The lowest BCUT2D eigenvalue weighted by molar-refractivity contribution is 0.426. The van der Waals surface area contributed by atoms with E-state index >= 15 is 0 Å². The average Bonchev–Trinajstić information content (AvgIpc) is 3.10. The topological polar surface area (TPSA) is 52.7 Å². The van der Waals surface area contributed by atoms with Crippen molar-refractivity contribution < 1.29 is 0 Å². The molecule has 1 atom stereocenters. The first kappa shape index (κ1) is 14.6. The lowest BCUT2D eigenvalue weighted by Crippen LogP contribution is -2.26. The van der Waals surface area contributed by atoms with Gasteiger partial charge in [-0.3, -0.25) is 14.0 Å². The van der Waals surface area contributed by atoms with Gasteiger partial charge in [0.2, 0.25) is 0 Å². The fourth-order valence-corrected chi connectivity index (χ4v) is 4.64. The molecule has 3 heterocycles. The van der Waals surface area contributed by atoms with Crippen LogP contribution in [0, 0.1) is 0 Å². The highest BCUT2D eigenvalue weighted by Gasteiger charge is 2.20. The normalized spacial score (nSPS) is 16.2. The molecule has 0 saturated heterocycles. The predicted molar refractivity (Wildman–Crippen MR) is 92.1 cm³/mol. The number of hydrogen-bond acceptors (Lipinski definition) is 4. The van der Waals surface area contributed by atoms with E-state index in [4.69, 9.17) is 0 Å². The van der Waals surface area contributed by atoms with Crippen molar-refractivity contribution in [2.24, 2.45) is 0 Å². The summed E-state index contributed by atoms with van der Waals surface area (Å²) in [5.41, 5.74) is 1.37. The van der Waals surface area contributed by atoms with Crippen molar-refractivity contribution in [3.8, 4) is 0 Å². The van der Waals surface area contributed by atoms with Gasteiger partial charge in [0.15, 0.2) is 0 Å². The van der Waals surface area contributed by atoms with E-state index in [2.05, 4.69) is 10.1 Å². The Balaban J connectivity index is 1.78. The minimum Gasteiger partial charge on any atom is -0.294 e. The lowest BCUT2D eigenvalue weighted by atomic mass is 10.1. The van der Waals surface area contributed by atoms with Crippen LogP contribution < -0.4 is 5.56 Å². The van der Waals surface area contributed by atoms with E-state index in [9.17, 15) is 4.79 Å².